The number of nitrogens with zero attached hydrogens (tertiary/aromatic N) is 4. The molecular formula is C29H37ClFN5O4. The van der Waals surface area contributed by atoms with Crippen molar-refractivity contribution in [3.8, 4) is 11.3 Å². The zero-order chi connectivity index (χ0) is 28.7. The molecule has 0 amide bonds. The van der Waals surface area contributed by atoms with E-state index in [0.29, 0.717) is 54.8 Å². The monoisotopic (exact) mass is 573 g/mol. The molecule has 0 saturated carbocycles. The minimum atomic E-state index is -0.722. The van der Waals surface area contributed by atoms with Gasteiger partial charge in [0.15, 0.2) is 11.2 Å². The van der Waals surface area contributed by atoms with Crippen molar-refractivity contribution in [3.63, 3.8) is 0 Å². The second-order valence-corrected chi connectivity index (χ2v) is 11.6. The van der Waals surface area contributed by atoms with Crippen molar-refractivity contribution in [3.05, 3.63) is 50.7 Å². The highest BCUT2D eigenvalue weighted by Gasteiger charge is 2.29. The van der Waals surface area contributed by atoms with E-state index in [1.54, 1.807) is 12.1 Å². The second kappa shape index (κ2) is 11.7. The van der Waals surface area contributed by atoms with Gasteiger partial charge in [0, 0.05) is 48.1 Å². The van der Waals surface area contributed by atoms with Gasteiger partial charge >= 0.3 is 0 Å². The Morgan fingerprint density at radius 2 is 1.93 bits per heavy atom. The van der Waals surface area contributed by atoms with Gasteiger partial charge in [0.1, 0.15) is 5.69 Å². The van der Waals surface area contributed by atoms with Crippen molar-refractivity contribution in [1.29, 1.82) is 0 Å². The van der Waals surface area contributed by atoms with Crippen LogP contribution in [0.5, 0.6) is 0 Å². The quantitative estimate of drug-likeness (QED) is 0.450. The number of morpholine rings is 1. The van der Waals surface area contributed by atoms with Gasteiger partial charge in [0.05, 0.1) is 54.1 Å². The number of nitrogens with one attached hydrogen (secondary N) is 1. The van der Waals surface area contributed by atoms with Crippen LogP contribution in [0, 0.1) is 12.7 Å². The highest BCUT2D eigenvalue weighted by Crippen LogP contribution is 2.33. The number of aliphatic hydroxyl groups is 1. The number of hydrogen-bond acceptors (Lipinski definition) is 8. The molecule has 2 aliphatic rings. The maximum absolute atomic E-state index is 15.2. The van der Waals surface area contributed by atoms with Gasteiger partial charge in [-0.3, -0.25) is 9.69 Å². The Balaban J connectivity index is 1.63. The third-order valence-electron chi connectivity index (χ3n) is 7.98. The number of fused-ring (bicyclic) bond motifs is 1. The fourth-order valence-corrected chi connectivity index (χ4v) is 6.09. The van der Waals surface area contributed by atoms with Crippen LogP contribution < -0.4 is 10.7 Å². The molecule has 2 aromatic heterocycles. The average molecular weight is 574 g/mol. The molecule has 1 aromatic carbocycles. The smallest absolute Gasteiger partial charge is 0.223 e. The van der Waals surface area contributed by atoms with Crippen LogP contribution in [0.25, 0.3) is 22.2 Å². The van der Waals surface area contributed by atoms with Crippen molar-refractivity contribution in [2.24, 2.45) is 0 Å². The molecule has 11 heteroatoms. The normalized spacial score (nSPS) is 24.1. The number of hydrogen-bond donors (Lipinski definition) is 2. The zero-order valence-electron chi connectivity index (χ0n) is 23.6. The summed E-state index contributed by atoms with van der Waals surface area (Å²) in [6, 6.07) is 3.45. The fourth-order valence-electron chi connectivity index (χ4n) is 5.79. The Labute approximate surface area is 238 Å². The SMILES string of the molecule is Cc1c(CN2[C@H](C)COC[C@H]2C)n(C(C)C)c2cc(-c3nc(N[C@@H]4CCOC[C@H]4O)ncc3F)cc(Cl)c2c1=O. The Morgan fingerprint density at radius 3 is 2.60 bits per heavy atom. The van der Waals surface area contributed by atoms with Gasteiger partial charge in [-0.15, -0.1) is 0 Å². The molecule has 0 spiro atoms. The predicted octanol–water partition coefficient (Wildman–Crippen LogP) is 4.31. The molecule has 3 aromatic rings. The highest BCUT2D eigenvalue weighted by molar-refractivity contribution is 6.35. The Kier molecular flexibility index (Phi) is 8.45. The standard InChI is InChI=1S/C29H37ClFN5O4/c1-15(2)36-23-9-19(27-21(31)10-32-29(34-27)33-22-6-7-39-14-25(22)37)8-20(30)26(23)28(38)18(5)24(36)11-35-16(3)12-40-13-17(35)4/h8-10,15-17,22,25,37H,6-7,11-14H2,1-5H3,(H,32,33,34)/t16-,17-,22-,25-/m1/s1. The molecule has 4 atom stereocenters. The molecule has 0 radical (unpaired) electrons. The van der Waals surface area contributed by atoms with Crippen molar-refractivity contribution < 1.29 is 19.0 Å². The Morgan fingerprint density at radius 1 is 1.20 bits per heavy atom. The van der Waals surface area contributed by atoms with Crippen LogP contribution in [-0.2, 0) is 16.0 Å². The first-order valence-electron chi connectivity index (χ1n) is 13.8. The summed E-state index contributed by atoms with van der Waals surface area (Å²) < 4.78 is 28.3. The zero-order valence-corrected chi connectivity index (χ0v) is 24.3. The summed E-state index contributed by atoms with van der Waals surface area (Å²) in [5, 5.41) is 14.0. The molecule has 2 N–H and O–H groups in total. The van der Waals surface area contributed by atoms with Crippen molar-refractivity contribution >= 4 is 28.5 Å². The van der Waals surface area contributed by atoms with E-state index in [-0.39, 0.29) is 52.9 Å². The van der Waals surface area contributed by atoms with E-state index < -0.39 is 11.9 Å². The molecule has 0 unspecified atom stereocenters. The number of ether oxygens (including phenoxy) is 2. The molecular weight excluding hydrogens is 537 g/mol. The molecule has 5 rings (SSSR count). The first-order valence-corrected chi connectivity index (χ1v) is 14.2. The van der Waals surface area contributed by atoms with Crippen molar-refractivity contribution in [2.75, 3.05) is 31.7 Å². The van der Waals surface area contributed by atoms with E-state index in [2.05, 4.69) is 52.4 Å². The average Bonchev–Trinajstić information content (AvgIpc) is 2.90. The molecule has 40 heavy (non-hydrogen) atoms. The summed E-state index contributed by atoms with van der Waals surface area (Å²) >= 11 is 6.75. The molecule has 0 bridgehead atoms. The summed E-state index contributed by atoms with van der Waals surface area (Å²) in [5.41, 5.74) is 2.54. The third-order valence-corrected chi connectivity index (χ3v) is 8.28. The minimum absolute atomic E-state index is 0.00255. The number of benzene rings is 1. The maximum atomic E-state index is 15.2. The van der Waals surface area contributed by atoms with Gasteiger partial charge < -0.3 is 24.5 Å². The second-order valence-electron chi connectivity index (χ2n) is 11.2. The van der Waals surface area contributed by atoms with Crippen LogP contribution in [0.15, 0.2) is 23.1 Å². The molecule has 4 heterocycles. The van der Waals surface area contributed by atoms with E-state index in [1.807, 2.05) is 6.92 Å². The number of anilines is 1. The van der Waals surface area contributed by atoms with E-state index in [4.69, 9.17) is 21.1 Å². The summed E-state index contributed by atoms with van der Waals surface area (Å²) in [5.74, 6) is -0.421. The lowest BCUT2D eigenvalue weighted by Crippen LogP contribution is -2.49. The number of halogens is 2. The summed E-state index contributed by atoms with van der Waals surface area (Å²) in [6.07, 6.45) is 0.952. The molecule has 2 fully saturated rings. The van der Waals surface area contributed by atoms with Gasteiger partial charge in [-0.1, -0.05) is 11.6 Å². The van der Waals surface area contributed by atoms with Gasteiger partial charge in [-0.05, 0) is 53.2 Å². The van der Waals surface area contributed by atoms with Crippen LogP contribution in [0.1, 0.15) is 51.4 Å². The van der Waals surface area contributed by atoms with E-state index >= 15 is 4.39 Å². The van der Waals surface area contributed by atoms with Crippen LogP contribution in [0.2, 0.25) is 5.02 Å². The first-order chi connectivity index (χ1) is 19.1. The van der Waals surface area contributed by atoms with Crippen LogP contribution >= 0.6 is 11.6 Å². The topological polar surface area (TPSA) is 102 Å². The van der Waals surface area contributed by atoms with Crippen molar-refractivity contribution in [1.82, 2.24) is 19.4 Å². The van der Waals surface area contributed by atoms with Crippen LogP contribution in [-0.4, -0.2) is 75.2 Å². The summed E-state index contributed by atoms with van der Waals surface area (Å²) in [7, 11) is 0. The fraction of sp³-hybridized carbons (Fsp3) is 0.552. The largest absolute Gasteiger partial charge is 0.389 e. The van der Waals surface area contributed by atoms with Gasteiger partial charge in [0.2, 0.25) is 5.95 Å². The van der Waals surface area contributed by atoms with Crippen LogP contribution in [0.4, 0.5) is 10.3 Å². The lowest BCUT2D eigenvalue weighted by Gasteiger charge is -2.39. The molecule has 216 valence electrons. The van der Waals surface area contributed by atoms with Gasteiger partial charge in [0.25, 0.3) is 0 Å². The Hall–Kier alpha value is -2.63. The summed E-state index contributed by atoms with van der Waals surface area (Å²) in [4.78, 5) is 24.6. The Bertz CT molecular complexity index is 1450. The lowest BCUT2D eigenvalue weighted by atomic mass is 10.0. The third kappa shape index (κ3) is 5.47. The first kappa shape index (κ1) is 28.9. The molecule has 0 aliphatic carbocycles. The molecule has 2 saturated heterocycles. The number of aromatic nitrogens is 3. The predicted molar refractivity (Wildman–Crippen MR) is 153 cm³/mol. The van der Waals surface area contributed by atoms with E-state index in [9.17, 15) is 9.90 Å². The maximum Gasteiger partial charge on any atom is 0.223 e. The van der Waals surface area contributed by atoms with Crippen LogP contribution in [0.3, 0.4) is 0 Å². The van der Waals surface area contributed by atoms with Gasteiger partial charge in [-0.2, -0.15) is 0 Å². The number of aliphatic hydroxyl groups excluding tert-OH is 1. The highest BCUT2D eigenvalue weighted by atomic mass is 35.5. The number of pyridine rings is 1. The van der Waals surface area contributed by atoms with E-state index in [1.165, 1.54) is 0 Å². The molecule has 2 aliphatic heterocycles. The summed E-state index contributed by atoms with van der Waals surface area (Å²) in [6.45, 7) is 12.8. The molecule has 9 nitrogen and oxygen atoms in total. The lowest BCUT2D eigenvalue weighted by molar-refractivity contribution is -0.0420. The minimum Gasteiger partial charge on any atom is -0.389 e. The van der Waals surface area contributed by atoms with E-state index in [0.717, 1.165) is 11.9 Å². The van der Waals surface area contributed by atoms with Crippen molar-refractivity contribution in [2.45, 2.75) is 77.9 Å². The van der Waals surface area contributed by atoms with Gasteiger partial charge in [-0.25, -0.2) is 14.4 Å². The number of rotatable bonds is 6.